The molecule has 2 unspecified atom stereocenters. The Morgan fingerprint density at radius 3 is 2.42 bits per heavy atom. The van der Waals surface area contributed by atoms with Crippen LogP contribution in [0.15, 0.2) is 18.2 Å². The second-order valence-electron chi connectivity index (χ2n) is 5.26. The van der Waals surface area contributed by atoms with Gasteiger partial charge in [0.05, 0.1) is 18.4 Å². The molecule has 1 aromatic carbocycles. The predicted octanol–water partition coefficient (Wildman–Crippen LogP) is 1.69. The molecule has 2 aliphatic rings. The molecule has 2 fully saturated rings. The van der Waals surface area contributed by atoms with Gasteiger partial charge in [0.15, 0.2) is 0 Å². The largest absolute Gasteiger partial charge is 0.399 e. The number of carbonyl (C=O) groups excluding carboxylic acids is 2. The molecule has 1 saturated heterocycles. The van der Waals surface area contributed by atoms with Crippen LogP contribution in [-0.2, 0) is 16.1 Å². The molecule has 1 aliphatic heterocycles. The van der Waals surface area contributed by atoms with Crippen LogP contribution >= 0.6 is 0 Å². The van der Waals surface area contributed by atoms with E-state index in [1.807, 2.05) is 0 Å². The second kappa shape index (κ2) is 4.33. The maximum Gasteiger partial charge on any atom is 0.233 e. The number of nitrogen functional groups attached to an aromatic ring is 1. The molecule has 3 rings (SSSR count). The minimum Gasteiger partial charge on any atom is -0.399 e. The van der Waals surface area contributed by atoms with Crippen LogP contribution in [-0.4, -0.2) is 16.7 Å². The zero-order valence-electron chi connectivity index (χ0n) is 10.4. The third kappa shape index (κ3) is 1.89. The van der Waals surface area contributed by atoms with Crippen molar-refractivity contribution in [1.82, 2.24) is 4.90 Å². The molecular weight excluding hydrogens is 247 g/mol. The minimum atomic E-state index is -0.474. The fraction of sp³-hybridized carbons (Fsp3) is 0.429. The van der Waals surface area contributed by atoms with E-state index in [4.69, 9.17) is 5.73 Å². The van der Waals surface area contributed by atoms with Gasteiger partial charge in [0.1, 0.15) is 5.82 Å². The van der Waals surface area contributed by atoms with E-state index in [-0.39, 0.29) is 30.2 Å². The van der Waals surface area contributed by atoms with Crippen molar-refractivity contribution >= 4 is 17.5 Å². The Morgan fingerprint density at radius 2 is 1.84 bits per heavy atom. The molecule has 0 spiro atoms. The molecule has 19 heavy (non-hydrogen) atoms. The molecule has 0 radical (unpaired) electrons. The van der Waals surface area contributed by atoms with Crippen molar-refractivity contribution in [2.75, 3.05) is 5.73 Å². The zero-order chi connectivity index (χ0) is 13.6. The average Bonchev–Trinajstić information content (AvgIpc) is 2.92. The van der Waals surface area contributed by atoms with Crippen molar-refractivity contribution in [3.63, 3.8) is 0 Å². The fourth-order valence-corrected chi connectivity index (χ4v) is 3.08. The molecule has 1 heterocycles. The summed E-state index contributed by atoms with van der Waals surface area (Å²) in [6, 6.07) is 4.31. The number of hydrogen-bond acceptors (Lipinski definition) is 3. The number of carbonyl (C=O) groups is 2. The normalized spacial score (nSPS) is 26.1. The first-order valence-corrected chi connectivity index (χ1v) is 6.47. The number of likely N-dealkylation sites (tertiary alicyclic amines) is 1. The topological polar surface area (TPSA) is 63.4 Å². The first-order chi connectivity index (χ1) is 9.08. The highest BCUT2D eigenvalue weighted by molar-refractivity contribution is 6.05. The molecular formula is C14H15FN2O2. The Hall–Kier alpha value is -1.91. The van der Waals surface area contributed by atoms with E-state index in [0.717, 1.165) is 19.3 Å². The Labute approximate surface area is 110 Å². The van der Waals surface area contributed by atoms with E-state index in [2.05, 4.69) is 0 Å². The Balaban J connectivity index is 1.84. The lowest BCUT2D eigenvalue weighted by Crippen LogP contribution is -2.31. The lowest BCUT2D eigenvalue weighted by molar-refractivity contribution is -0.141. The van der Waals surface area contributed by atoms with Gasteiger partial charge in [-0.3, -0.25) is 14.5 Å². The average molecular weight is 262 g/mol. The maximum absolute atomic E-state index is 13.7. The van der Waals surface area contributed by atoms with Gasteiger partial charge < -0.3 is 5.73 Å². The number of amides is 2. The smallest absolute Gasteiger partial charge is 0.233 e. The maximum atomic E-state index is 13.7. The predicted molar refractivity (Wildman–Crippen MR) is 67.2 cm³/mol. The van der Waals surface area contributed by atoms with Crippen molar-refractivity contribution in [1.29, 1.82) is 0 Å². The molecule has 5 heteroatoms. The molecule has 4 nitrogen and oxygen atoms in total. The third-order valence-electron chi connectivity index (χ3n) is 4.09. The monoisotopic (exact) mass is 262 g/mol. The molecule has 2 N–H and O–H groups in total. The Morgan fingerprint density at radius 1 is 1.21 bits per heavy atom. The first kappa shape index (κ1) is 12.1. The highest BCUT2D eigenvalue weighted by Crippen LogP contribution is 2.40. The number of benzene rings is 1. The molecule has 2 atom stereocenters. The van der Waals surface area contributed by atoms with Crippen molar-refractivity contribution in [2.45, 2.75) is 25.8 Å². The lowest BCUT2D eigenvalue weighted by Gasteiger charge is -2.16. The summed E-state index contributed by atoms with van der Waals surface area (Å²) < 4.78 is 13.7. The quantitative estimate of drug-likeness (QED) is 0.651. The van der Waals surface area contributed by atoms with Crippen LogP contribution in [0.3, 0.4) is 0 Å². The van der Waals surface area contributed by atoms with E-state index < -0.39 is 5.82 Å². The van der Waals surface area contributed by atoms with Gasteiger partial charge in [0.2, 0.25) is 11.8 Å². The van der Waals surface area contributed by atoms with E-state index in [1.165, 1.54) is 17.0 Å². The SMILES string of the molecule is Nc1ccc(CN2C(=O)C3CCCC3C2=O)c(F)c1. The van der Waals surface area contributed by atoms with Crippen LogP contribution in [0, 0.1) is 17.7 Å². The summed E-state index contributed by atoms with van der Waals surface area (Å²) in [6.45, 7) is 0.0107. The number of rotatable bonds is 2. The summed E-state index contributed by atoms with van der Waals surface area (Å²) in [5.74, 6) is -1.13. The van der Waals surface area contributed by atoms with Crippen LogP contribution in [0.5, 0.6) is 0 Å². The first-order valence-electron chi connectivity index (χ1n) is 6.47. The van der Waals surface area contributed by atoms with Gasteiger partial charge in [-0.15, -0.1) is 0 Å². The summed E-state index contributed by atoms with van der Waals surface area (Å²) in [5, 5.41) is 0. The van der Waals surface area contributed by atoms with Crippen LogP contribution in [0.25, 0.3) is 0 Å². The van der Waals surface area contributed by atoms with Gasteiger partial charge in [-0.2, -0.15) is 0 Å². The highest BCUT2D eigenvalue weighted by atomic mass is 19.1. The molecule has 1 saturated carbocycles. The zero-order valence-corrected chi connectivity index (χ0v) is 10.4. The minimum absolute atomic E-state index is 0.0107. The fourth-order valence-electron chi connectivity index (χ4n) is 3.08. The van der Waals surface area contributed by atoms with Crippen molar-refractivity contribution in [2.24, 2.45) is 11.8 Å². The van der Waals surface area contributed by atoms with Crippen LogP contribution in [0.4, 0.5) is 10.1 Å². The van der Waals surface area contributed by atoms with Gasteiger partial charge in [0.25, 0.3) is 0 Å². The highest BCUT2D eigenvalue weighted by Gasteiger charge is 2.49. The number of hydrogen-bond donors (Lipinski definition) is 1. The number of nitrogens with two attached hydrogens (primary N) is 1. The molecule has 2 amide bonds. The van der Waals surface area contributed by atoms with Crippen LogP contribution < -0.4 is 5.73 Å². The molecule has 1 aromatic rings. The van der Waals surface area contributed by atoms with Gasteiger partial charge in [-0.05, 0) is 25.0 Å². The van der Waals surface area contributed by atoms with E-state index in [9.17, 15) is 14.0 Å². The number of fused-ring (bicyclic) bond motifs is 1. The molecule has 0 aromatic heterocycles. The van der Waals surface area contributed by atoms with Crippen LogP contribution in [0.1, 0.15) is 24.8 Å². The van der Waals surface area contributed by atoms with Gasteiger partial charge >= 0.3 is 0 Å². The summed E-state index contributed by atoms with van der Waals surface area (Å²) in [4.78, 5) is 25.5. The summed E-state index contributed by atoms with van der Waals surface area (Å²) in [6.07, 6.45) is 2.48. The number of imide groups is 1. The summed E-state index contributed by atoms with van der Waals surface area (Å²) >= 11 is 0. The number of anilines is 1. The van der Waals surface area contributed by atoms with Crippen molar-refractivity contribution in [3.8, 4) is 0 Å². The molecule has 100 valence electrons. The Bertz CT molecular complexity index is 536. The standard InChI is InChI=1S/C14H15FN2O2/c15-12-6-9(16)5-4-8(12)7-17-13(18)10-2-1-3-11(10)14(17)19/h4-6,10-11H,1-3,7,16H2. The van der Waals surface area contributed by atoms with E-state index in [1.54, 1.807) is 6.07 Å². The third-order valence-corrected chi connectivity index (χ3v) is 4.09. The van der Waals surface area contributed by atoms with Gasteiger partial charge in [0, 0.05) is 11.3 Å². The summed E-state index contributed by atoms with van der Waals surface area (Å²) in [5.41, 5.74) is 6.14. The van der Waals surface area contributed by atoms with E-state index >= 15 is 0 Å². The molecule has 0 bridgehead atoms. The van der Waals surface area contributed by atoms with Crippen LogP contribution in [0.2, 0.25) is 0 Å². The van der Waals surface area contributed by atoms with E-state index in [0.29, 0.717) is 11.3 Å². The van der Waals surface area contributed by atoms with Gasteiger partial charge in [-0.25, -0.2) is 4.39 Å². The van der Waals surface area contributed by atoms with Crippen molar-refractivity contribution in [3.05, 3.63) is 29.6 Å². The summed E-state index contributed by atoms with van der Waals surface area (Å²) in [7, 11) is 0. The lowest BCUT2D eigenvalue weighted by atomic mass is 10.00. The van der Waals surface area contributed by atoms with Crippen molar-refractivity contribution < 1.29 is 14.0 Å². The molecule has 1 aliphatic carbocycles. The Kier molecular flexibility index (Phi) is 2.77. The van der Waals surface area contributed by atoms with Gasteiger partial charge in [-0.1, -0.05) is 12.5 Å². The number of nitrogens with zero attached hydrogens (tertiary/aromatic N) is 1. The number of halogens is 1. The second-order valence-corrected chi connectivity index (χ2v) is 5.26.